The molecule has 0 bridgehead atoms. The predicted octanol–water partition coefficient (Wildman–Crippen LogP) is 8.53. The molecule has 0 fully saturated rings. The number of carbonyl (C=O) groups excluding carboxylic acids is 3. The summed E-state index contributed by atoms with van der Waals surface area (Å²) in [6.45, 7) is 4.65. The van der Waals surface area contributed by atoms with E-state index in [1.165, 1.54) is 128 Å². The van der Waals surface area contributed by atoms with Gasteiger partial charge in [-0.25, -0.2) is 5.01 Å². The summed E-state index contributed by atoms with van der Waals surface area (Å²) in [5.74, 6) is -0.959. The zero-order valence-electron chi connectivity index (χ0n) is 27.7. The summed E-state index contributed by atoms with van der Waals surface area (Å²) in [7, 11) is 0. The zero-order valence-corrected chi connectivity index (χ0v) is 28.5. The van der Waals surface area contributed by atoms with Gasteiger partial charge in [-0.05, 0) is 12.8 Å². The van der Waals surface area contributed by atoms with Gasteiger partial charge in [0.2, 0.25) is 11.8 Å². The van der Waals surface area contributed by atoms with Gasteiger partial charge in [-0.15, -0.1) is 12.4 Å². The van der Waals surface area contributed by atoms with Crippen LogP contribution in [0.2, 0.25) is 0 Å². The predicted molar refractivity (Wildman–Crippen MR) is 181 cm³/mol. The van der Waals surface area contributed by atoms with Crippen LogP contribution in [-0.4, -0.2) is 42.4 Å². The monoisotopic (exact) mass is 617 g/mol. The second-order valence-electron chi connectivity index (χ2n) is 12.0. The Morgan fingerprint density at radius 2 is 0.881 bits per heavy atom. The number of nitrogens with one attached hydrogen (secondary N) is 2. The number of hydrogen-bond acceptors (Lipinski definition) is 4. The molecule has 4 N–H and O–H groups in total. The van der Waals surface area contributed by atoms with E-state index in [0.717, 1.165) is 37.1 Å². The lowest BCUT2D eigenvalue weighted by atomic mass is 10.0. The highest BCUT2D eigenvalue weighted by atomic mass is 35.5. The molecule has 0 radical (unpaired) electrons. The summed E-state index contributed by atoms with van der Waals surface area (Å²) in [4.78, 5) is 36.8. The summed E-state index contributed by atoms with van der Waals surface area (Å²) in [6, 6.07) is 0. The molecule has 0 aromatic heterocycles. The van der Waals surface area contributed by atoms with E-state index in [0.29, 0.717) is 13.0 Å². The molecule has 0 rings (SSSR count). The van der Waals surface area contributed by atoms with Crippen LogP contribution >= 0.6 is 12.4 Å². The van der Waals surface area contributed by atoms with E-state index >= 15 is 0 Å². The van der Waals surface area contributed by atoms with E-state index < -0.39 is 5.91 Å². The van der Waals surface area contributed by atoms with Crippen LogP contribution in [0, 0.1) is 0 Å². The molecule has 0 spiro atoms. The summed E-state index contributed by atoms with van der Waals surface area (Å²) < 4.78 is 0. The number of hydrogen-bond donors (Lipinski definition) is 3. The van der Waals surface area contributed by atoms with Crippen molar-refractivity contribution in [3.05, 3.63) is 0 Å². The van der Waals surface area contributed by atoms with Gasteiger partial charge in [-0.3, -0.25) is 19.8 Å². The minimum atomic E-state index is -0.456. The fourth-order valence-electron chi connectivity index (χ4n) is 5.20. The second kappa shape index (κ2) is 34.2. The van der Waals surface area contributed by atoms with Crippen LogP contribution in [0.3, 0.4) is 0 Å². The zero-order chi connectivity index (χ0) is 30.2. The Hall–Kier alpha value is -1.34. The van der Waals surface area contributed by atoms with Crippen molar-refractivity contribution in [3.8, 4) is 0 Å². The number of rotatable bonds is 30. The van der Waals surface area contributed by atoms with Crippen LogP contribution in [-0.2, 0) is 14.4 Å². The van der Waals surface area contributed by atoms with Gasteiger partial charge in [0.25, 0.3) is 5.91 Å². The fourth-order valence-corrected chi connectivity index (χ4v) is 5.20. The normalized spacial score (nSPS) is 10.7. The third-order valence-corrected chi connectivity index (χ3v) is 7.90. The van der Waals surface area contributed by atoms with Gasteiger partial charge in [0.1, 0.15) is 6.54 Å². The molecule has 0 aliphatic heterocycles. The van der Waals surface area contributed by atoms with Crippen LogP contribution in [0.4, 0.5) is 0 Å². The van der Waals surface area contributed by atoms with Crippen molar-refractivity contribution in [1.82, 2.24) is 15.8 Å². The molecule has 0 aromatic carbocycles. The molecule has 0 saturated carbocycles. The summed E-state index contributed by atoms with van der Waals surface area (Å²) in [5.41, 5.74) is 8.08. The fraction of sp³-hybridized carbons (Fsp3) is 0.912. The van der Waals surface area contributed by atoms with Crippen molar-refractivity contribution in [2.75, 3.05) is 19.6 Å². The maximum atomic E-state index is 12.3. The van der Waals surface area contributed by atoms with Gasteiger partial charge in [-0.2, -0.15) is 0 Å². The molecule has 3 amide bonds. The second-order valence-corrected chi connectivity index (χ2v) is 12.0. The Kier molecular flexibility index (Phi) is 34.8. The van der Waals surface area contributed by atoms with Crippen LogP contribution in [0.5, 0.6) is 0 Å². The van der Waals surface area contributed by atoms with Gasteiger partial charge in [0, 0.05) is 13.0 Å². The third-order valence-electron chi connectivity index (χ3n) is 7.90. The molecule has 0 aliphatic carbocycles. The number of amides is 3. The minimum absolute atomic E-state index is 0. The number of unbranched alkanes of at least 4 members (excludes halogenated alkanes) is 23. The van der Waals surface area contributed by atoms with Crippen molar-refractivity contribution in [1.29, 1.82) is 0 Å². The summed E-state index contributed by atoms with van der Waals surface area (Å²) in [5, 5.41) is 3.94. The largest absolute Gasteiger partial charge is 0.354 e. The van der Waals surface area contributed by atoms with Crippen LogP contribution in [0.25, 0.3) is 0 Å². The molecule has 0 unspecified atom stereocenters. The molecule has 0 aliphatic rings. The maximum Gasteiger partial charge on any atom is 0.255 e. The van der Waals surface area contributed by atoms with Gasteiger partial charge >= 0.3 is 0 Å². The topological polar surface area (TPSA) is 105 Å². The van der Waals surface area contributed by atoms with Crippen molar-refractivity contribution in [2.45, 2.75) is 181 Å². The van der Waals surface area contributed by atoms with E-state index in [1.54, 1.807) is 0 Å². The molecule has 0 heterocycles. The number of hydrazine groups is 1. The van der Waals surface area contributed by atoms with E-state index in [2.05, 4.69) is 24.6 Å². The van der Waals surface area contributed by atoms with Crippen molar-refractivity contribution >= 4 is 30.1 Å². The Morgan fingerprint density at radius 1 is 0.524 bits per heavy atom. The molecular formula is C34H69ClN4O3. The smallest absolute Gasteiger partial charge is 0.255 e. The number of nitrogens with zero attached hydrogens (tertiary/aromatic N) is 1. The van der Waals surface area contributed by atoms with E-state index in [-0.39, 0.29) is 37.3 Å². The lowest BCUT2D eigenvalue weighted by Gasteiger charge is -2.22. The number of carbonyl (C=O) groups is 3. The van der Waals surface area contributed by atoms with E-state index in [9.17, 15) is 14.4 Å². The Morgan fingerprint density at radius 3 is 1.26 bits per heavy atom. The number of halogens is 1. The maximum absolute atomic E-state index is 12.3. The average molecular weight is 617 g/mol. The van der Waals surface area contributed by atoms with E-state index in [1.807, 2.05) is 0 Å². The standard InChI is InChI=1S/C34H68N4O3.ClH/c1-3-5-7-9-11-13-14-15-16-17-18-19-21-23-25-27-29-36-33(40)31-38(34(41)30-35)37-32(39)28-26-24-22-20-12-10-8-6-4-2;/h3-31,35H2,1-2H3,(H,36,40)(H,37,39);1H. The summed E-state index contributed by atoms with van der Waals surface area (Å²) >= 11 is 0. The first-order chi connectivity index (χ1) is 20.0. The van der Waals surface area contributed by atoms with Crippen molar-refractivity contribution in [2.24, 2.45) is 5.73 Å². The molecule has 42 heavy (non-hydrogen) atoms. The van der Waals surface area contributed by atoms with E-state index in [4.69, 9.17) is 5.73 Å². The first kappa shape index (κ1) is 42.8. The van der Waals surface area contributed by atoms with Crippen LogP contribution in [0.1, 0.15) is 181 Å². The summed E-state index contributed by atoms with van der Waals surface area (Å²) in [6.07, 6.45) is 32.0. The average Bonchev–Trinajstić information content (AvgIpc) is 2.97. The molecule has 0 saturated heterocycles. The third kappa shape index (κ3) is 30.1. The molecule has 7 nitrogen and oxygen atoms in total. The molecule has 8 heteroatoms. The number of nitrogens with two attached hydrogens (primary N) is 1. The Labute approximate surface area is 266 Å². The van der Waals surface area contributed by atoms with Gasteiger partial charge < -0.3 is 11.1 Å². The van der Waals surface area contributed by atoms with Gasteiger partial charge in [0.15, 0.2) is 0 Å². The van der Waals surface area contributed by atoms with Gasteiger partial charge in [0.05, 0.1) is 6.54 Å². The van der Waals surface area contributed by atoms with Crippen molar-refractivity contribution in [3.63, 3.8) is 0 Å². The lowest BCUT2D eigenvalue weighted by molar-refractivity contribution is -0.143. The highest BCUT2D eigenvalue weighted by Gasteiger charge is 2.18. The van der Waals surface area contributed by atoms with Crippen LogP contribution < -0.4 is 16.5 Å². The molecule has 0 atom stereocenters. The van der Waals surface area contributed by atoms with Crippen molar-refractivity contribution < 1.29 is 14.4 Å². The molecular weight excluding hydrogens is 548 g/mol. The first-order valence-electron chi connectivity index (χ1n) is 17.6. The minimum Gasteiger partial charge on any atom is -0.354 e. The molecule has 250 valence electrons. The Bertz CT molecular complexity index is 622. The van der Waals surface area contributed by atoms with Gasteiger partial charge in [-0.1, -0.05) is 162 Å². The SMILES string of the molecule is CCCCCCCCCCCCCCCCCCNC(=O)CN(NC(=O)CCCCCCCCCCC)C(=O)CN.Cl. The Balaban J connectivity index is 0. The highest BCUT2D eigenvalue weighted by Crippen LogP contribution is 2.14. The lowest BCUT2D eigenvalue weighted by Crippen LogP contribution is -2.52. The first-order valence-corrected chi connectivity index (χ1v) is 17.6. The quantitative estimate of drug-likeness (QED) is 0.0555. The highest BCUT2D eigenvalue weighted by molar-refractivity contribution is 5.88. The molecule has 0 aromatic rings. The van der Waals surface area contributed by atoms with Crippen LogP contribution in [0.15, 0.2) is 0 Å².